The van der Waals surface area contributed by atoms with Gasteiger partial charge in [-0.05, 0) is 31.2 Å². The highest BCUT2D eigenvalue weighted by molar-refractivity contribution is 7.90. The van der Waals surface area contributed by atoms with Crippen LogP contribution in [0.4, 0.5) is 5.69 Å². The Morgan fingerprint density at radius 3 is 2.48 bits per heavy atom. The Hall–Kier alpha value is -2.87. The summed E-state index contributed by atoms with van der Waals surface area (Å²) >= 11 is 0. The van der Waals surface area contributed by atoms with Gasteiger partial charge in [0.15, 0.2) is 0 Å². The minimum absolute atomic E-state index is 0.169. The molecule has 0 radical (unpaired) electrons. The van der Waals surface area contributed by atoms with E-state index in [0.29, 0.717) is 5.56 Å². The summed E-state index contributed by atoms with van der Waals surface area (Å²) in [6, 6.07) is 15.1. The molecule has 1 amide bonds. The van der Waals surface area contributed by atoms with Gasteiger partial charge in [0.2, 0.25) is 0 Å². The number of fused-ring (bicyclic) bond motifs is 1. The number of carbonyl (C=O) groups is 1. The summed E-state index contributed by atoms with van der Waals surface area (Å²) < 4.78 is 26.5. The van der Waals surface area contributed by atoms with Gasteiger partial charge in [0, 0.05) is 12.6 Å². The summed E-state index contributed by atoms with van der Waals surface area (Å²) in [4.78, 5) is 16.8. The first kappa shape index (κ1) is 17.0. The van der Waals surface area contributed by atoms with Crippen molar-refractivity contribution in [3.63, 3.8) is 0 Å². The standard InChI is InChI=1S/C17H18N4O3S/c1-12(17(22)19-21(2)13-8-4-3-5-9-13)18-16-14-10-6-7-11-15(14)25(23,24)20-16/h3-12H,1-2H3,(H,18,20)(H,19,22)/t12-/m0/s1. The van der Waals surface area contributed by atoms with Crippen molar-refractivity contribution in [2.45, 2.75) is 17.9 Å². The quantitative estimate of drug-likeness (QED) is 0.806. The number of amidine groups is 1. The second-order valence-electron chi connectivity index (χ2n) is 5.63. The van der Waals surface area contributed by atoms with E-state index >= 15 is 0 Å². The molecule has 0 spiro atoms. The first-order valence-corrected chi connectivity index (χ1v) is 9.16. The molecule has 2 aromatic carbocycles. The second kappa shape index (κ2) is 6.56. The summed E-state index contributed by atoms with van der Waals surface area (Å²) in [5, 5.41) is 1.59. The molecule has 25 heavy (non-hydrogen) atoms. The van der Waals surface area contributed by atoms with Crippen LogP contribution in [0, 0.1) is 0 Å². The molecule has 0 aromatic heterocycles. The van der Waals surface area contributed by atoms with E-state index in [1.165, 1.54) is 6.07 Å². The number of amides is 1. The first-order chi connectivity index (χ1) is 11.9. The molecule has 1 aliphatic heterocycles. The monoisotopic (exact) mass is 358 g/mol. The Morgan fingerprint density at radius 2 is 1.76 bits per heavy atom. The van der Waals surface area contributed by atoms with Crippen LogP contribution in [0.15, 0.2) is 64.5 Å². The zero-order chi connectivity index (χ0) is 18.0. The summed E-state index contributed by atoms with van der Waals surface area (Å²) in [7, 11) is -1.89. The number of hydrazine groups is 1. The highest BCUT2D eigenvalue weighted by Crippen LogP contribution is 2.22. The van der Waals surface area contributed by atoms with Gasteiger partial charge in [0.25, 0.3) is 15.9 Å². The fourth-order valence-electron chi connectivity index (χ4n) is 2.46. The normalized spacial score (nSPS) is 17.4. The lowest BCUT2D eigenvalue weighted by Crippen LogP contribution is -2.44. The largest absolute Gasteiger partial charge is 0.289 e. The van der Waals surface area contributed by atoms with E-state index in [-0.39, 0.29) is 16.6 Å². The maximum absolute atomic E-state index is 12.4. The lowest BCUT2D eigenvalue weighted by Gasteiger charge is -2.21. The Balaban J connectivity index is 1.77. The number of hydrogen-bond acceptors (Lipinski definition) is 5. The van der Waals surface area contributed by atoms with Crippen molar-refractivity contribution in [2.75, 3.05) is 12.1 Å². The smallest absolute Gasteiger partial charge is 0.263 e. The van der Waals surface area contributed by atoms with Crippen LogP contribution in [0.5, 0.6) is 0 Å². The highest BCUT2D eigenvalue weighted by atomic mass is 32.2. The van der Waals surface area contributed by atoms with E-state index in [9.17, 15) is 13.2 Å². The van der Waals surface area contributed by atoms with Gasteiger partial charge in [-0.2, -0.15) is 0 Å². The van der Waals surface area contributed by atoms with Crippen LogP contribution in [0.1, 0.15) is 12.5 Å². The molecule has 0 saturated carbocycles. The molecular formula is C17H18N4O3S. The minimum atomic E-state index is -3.62. The Labute approximate surface area is 146 Å². The van der Waals surface area contributed by atoms with Crippen LogP contribution in [0.25, 0.3) is 0 Å². The van der Waals surface area contributed by atoms with Gasteiger partial charge in [-0.1, -0.05) is 30.3 Å². The molecule has 0 fully saturated rings. The van der Waals surface area contributed by atoms with Crippen LogP contribution >= 0.6 is 0 Å². The van der Waals surface area contributed by atoms with E-state index in [4.69, 9.17) is 0 Å². The summed E-state index contributed by atoms with van der Waals surface area (Å²) in [5.74, 6) is -0.164. The van der Waals surface area contributed by atoms with Crippen molar-refractivity contribution in [3.05, 3.63) is 60.2 Å². The predicted octanol–water partition coefficient (Wildman–Crippen LogP) is 1.28. The summed E-state index contributed by atoms with van der Waals surface area (Å²) in [5.41, 5.74) is 4.02. The molecule has 8 heteroatoms. The third-order valence-corrected chi connectivity index (χ3v) is 5.18. The molecule has 0 saturated heterocycles. The second-order valence-corrected chi connectivity index (χ2v) is 7.28. The van der Waals surface area contributed by atoms with Crippen molar-refractivity contribution < 1.29 is 13.2 Å². The molecule has 0 aliphatic carbocycles. The van der Waals surface area contributed by atoms with Crippen LogP contribution in [-0.4, -0.2) is 33.3 Å². The number of nitrogens with zero attached hydrogens (tertiary/aromatic N) is 2. The van der Waals surface area contributed by atoms with Crippen molar-refractivity contribution in [1.82, 2.24) is 10.1 Å². The molecule has 1 heterocycles. The molecule has 1 atom stereocenters. The van der Waals surface area contributed by atoms with Gasteiger partial charge >= 0.3 is 0 Å². The number of aliphatic imine (C=N–C) groups is 1. The van der Waals surface area contributed by atoms with Crippen molar-refractivity contribution in [1.29, 1.82) is 0 Å². The minimum Gasteiger partial charge on any atom is -0.289 e. The van der Waals surface area contributed by atoms with Crippen LogP contribution < -0.4 is 15.2 Å². The Kier molecular flexibility index (Phi) is 4.45. The van der Waals surface area contributed by atoms with Gasteiger partial charge in [-0.3, -0.25) is 24.9 Å². The van der Waals surface area contributed by atoms with Crippen LogP contribution in [-0.2, 0) is 14.8 Å². The van der Waals surface area contributed by atoms with Gasteiger partial charge in [-0.15, -0.1) is 0 Å². The summed E-state index contributed by atoms with van der Waals surface area (Å²) in [6.45, 7) is 1.61. The SMILES string of the molecule is C[C@H](N=C1NS(=O)(=O)c2ccccc21)C(=O)NN(C)c1ccccc1. The topological polar surface area (TPSA) is 90.9 Å². The van der Waals surface area contributed by atoms with Crippen molar-refractivity contribution in [3.8, 4) is 0 Å². The lowest BCUT2D eigenvalue weighted by molar-refractivity contribution is -0.122. The molecule has 2 aromatic rings. The number of rotatable bonds is 4. The fraction of sp³-hybridized carbons (Fsp3) is 0.176. The van der Waals surface area contributed by atoms with Gasteiger partial charge in [0.1, 0.15) is 11.9 Å². The average Bonchev–Trinajstić information content (AvgIpc) is 2.86. The fourth-order valence-corrected chi connectivity index (χ4v) is 3.70. The number of sulfonamides is 1. The Morgan fingerprint density at radius 1 is 1.12 bits per heavy atom. The molecule has 0 bridgehead atoms. The van der Waals surface area contributed by atoms with Gasteiger partial charge < -0.3 is 0 Å². The third-order valence-electron chi connectivity index (χ3n) is 3.79. The van der Waals surface area contributed by atoms with Gasteiger partial charge in [0.05, 0.1) is 10.6 Å². The van der Waals surface area contributed by atoms with Crippen molar-refractivity contribution in [2.24, 2.45) is 4.99 Å². The number of anilines is 1. The number of carbonyl (C=O) groups excluding carboxylic acids is 1. The van der Waals surface area contributed by atoms with E-state index in [1.807, 2.05) is 30.3 Å². The maximum Gasteiger partial charge on any atom is 0.263 e. The van der Waals surface area contributed by atoms with Crippen LogP contribution in [0.3, 0.4) is 0 Å². The lowest BCUT2D eigenvalue weighted by atomic mass is 10.2. The number of nitrogens with one attached hydrogen (secondary N) is 2. The van der Waals surface area contributed by atoms with E-state index in [0.717, 1.165) is 5.69 Å². The molecule has 2 N–H and O–H groups in total. The molecular weight excluding hydrogens is 340 g/mol. The Bertz CT molecular complexity index is 926. The van der Waals surface area contributed by atoms with E-state index in [1.54, 1.807) is 37.2 Å². The predicted molar refractivity (Wildman–Crippen MR) is 95.8 cm³/mol. The number of benzene rings is 2. The van der Waals surface area contributed by atoms with Gasteiger partial charge in [-0.25, -0.2) is 8.42 Å². The van der Waals surface area contributed by atoms with Crippen LogP contribution in [0.2, 0.25) is 0 Å². The summed E-state index contributed by atoms with van der Waals surface area (Å²) in [6.07, 6.45) is 0. The molecule has 1 aliphatic rings. The highest BCUT2D eigenvalue weighted by Gasteiger charge is 2.31. The van der Waals surface area contributed by atoms with Crippen molar-refractivity contribution >= 4 is 27.5 Å². The zero-order valence-corrected chi connectivity index (χ0v) is 14.6. The van der Waals surface area contributed by atoms with E-state index in [2.05, 4.69) is 15.1 Å². The molecule has 7 nitrogen and oxygen atoms in total. The maximum atomic E-state index is 12.4. The number of para-hydroxylation sites is 1. The molecule has 130 valence electrons. The molecule has 3 rings (SSSR count). The molecule has 0 unspecified atom stereocenters. The zero-order valence-electron chi connectivity index (χ0n) is 13.8. The average molecular weight is 358 g/mol. The van der Waals surface area contributed by atoms with E-state index < -0.39 is 16.1 Å². The first-order valence-electron chi connectivity index (χ1n) is 7.68. The third kappa shape index (κ3) is 3.48. The number of hydrogen-bond donors (Lipinski definition) is 2.